The summed E-state index contributed by atoms with van der Waals surface area (Å²) in [7, 11) is 0. The number of para-hydroxylation sites is 3. The highest BCUT2D eigenvalue weighted by atomic mass is 15.4. The van der Waals surface area contributed by atoms with Gasteiger partial charge in [-0.2, -0.15) is 0 Å². The zero-order valence-corrected chi connectivity index (χ0v) is 34.4. The topological polar surface area (TPSA) is 21.9 Å². The molecule has 62 heavy (non-hydrogen) atoms. The molecule has 3 heteroatoms. The summed E-state index contributed by atoms with van der Waals surface area (Å²) in [4.78, 5) is 0. The molecule has 0 unspecified atom stereocenters. The van der Waals surface area contributed by atoms with Gasteiger partial charge in [0.05, 0.1) is 22.1 Å². The zero-order chi connectivity index (χ0) is 41.4. The van der Waals surface area contributed by atoms with E-state index in [-0.39, 0.29) is 0 Å². The molecular weight excluding hydrogens is 751 g/mol. The van der Waals surface area contributed by atoms with Gasteiger partial charge in [0.15, 0.2) is 0 Å². The van der Waals surface area contributed by atoms with Crippen molar-refractivity contribution in [2.45, 2.75) is 6.92 Å². The minimum absolute atomic E-state index is 1.09. The standard InChI is InChI=1S/C59H43N3/c1-2-16-47(43-27-29-44(30-28-43)50-36-48(41-17-6-3-7-18-41)35-49(37-50)42-19-8-4-9-20-42)40-60-62-57-26-15-13-24-53(57)55-38-45(32-34-58(55)62)46-31-33-54-52-23-12-14-25-56(52)61(59(54)39-46)51-21-10-5-11-22-51/h2-40,60H,1H3/b16-2+,47-40+. The molecule has 0 spiro atoms. The monoisotopic (exact) mass is 793 g/mol. The van der Waals surface area contributed by atoms with E-state index in [0.717, 1.165) is 27.9 Å². The maximum Gasteiger partial charge on any atom is 0.0710 e. The van der Waals surface area contributed by atoms with Crippen LogP contribution in [0.15, 0.2) is 237 Å². The van der Waals surface area contributed by atoms with Gasteiger partial charge < -0.3 is 9.99 Å². The van der Waals surface area contributed by atoms with Crippen molar-refractivity contribution in [1.29, 1.82) is 0 Å². The molecule has 0 fully saturated rings. The Hall–Kier alpha value is -8.14. The Morgan fingerprint density at radius 1 is 0.371 bits per heavy atom. The molecule has 1 N–H and O–H groups in total. The number of nitrogens with zero attached hydrogens (tertiary/aromatic N) is 2. The maximum atomic E-state index is 3.72. The van der Waals surface area contributed by atoms with Crippen molar-refractivity contribution in [2.75, 3.05) is 5.43 Å². The van der Waals surface area contributed by atoms with Gasteiger partial charge >= 0.3 is 0 Å². The quantitative estimate of drug-likeness (QED) is 0.144. The van der Waals surface area contributed by atoms with Gasteiger partial charge in [-0.3, -0.25) is 4.68 Å². The first-order chi connectivity index (χ1) is 30.7. The summed E-state index contributed by atoms with van der Waals surface area (Å²) >= 11 is 0. The van der Waals surface area contributed by atoms with Gasteiger partial charge in [-0.1, -0.05) is 170 Å². The van der Waals surface area contributed by atoms with E-state index in [0.29, 0.717) is 0 Å². The molecule has 9 aromatic carbocycles. The summed E-state index contributed by atoms with van der Waals surface area (Å²) in [5.74, 6) is 0. The summed E-state index contributed by atoms with van der Waals surface area (Å²) in [6.45, 7) is 2.07. The molecule has 294 valence electrons. The molecular formula is C59H43N3. The second kappa shape index (κ2) is 15.8. The van der Waals surface area contributed by atoms with Gasteiger partial charge in [0.2, 0.25) is 0 Å². The maximum absolute atomic E-state index is 3.72. The Morgan fingerprint density at radius 3 is 1.50 bits per heavy atom. The molecule has 0 aliphatic carbocycles. The third-order valence-corrected chi connectivity index (χ3v) is 12.1. The van der Waals surface area contributed by atoms with Gasteiger partial charge in [0, 0.05) is 33.4 Å². The van der Waals surface area contributed by atoms with Crippen LogP contribution in [0.2, 0.25) is 0 Å². The predicted molar refractivity (Wildman–Crippen MR) is 264 cm³/mol. The minimum atomic E-state index is 1.09. The molecule has 0 bridgehead atoms. The smallest absolute Gasteiger partial charge is 0.0710 e. The van der Waals surface area contributed by atoms with Crippen LogP contribution in [0.3, 0.4) is 0 Å². The van der Waals surface area contributed by atoms with Crippen molar-refractivity contribution < 1.29 is 0 Å². The third-order valence-electron chi connectivity index (χ3n) is 12.1. The molecule has 0 saturated heterocycles. The fourth-order valence-corrected chi connectivity index (χ4v) is 9.08. The Morgan fingerprint density at radius 2 is 0.855 bits per heavy atom. The van der Waals surface area contributed by atoms with Gasteiger partial charge in [-0.15, -0.1) is 0 Å². The lowest BCUT2D eigenvalue weighted by Crippen LogP contribution is -2.08. The van der Waals surface area contributed by atoms with Gasteiger partial charge in [-0.25, -0.2) is 0 Å². The second-order valence-corrected chi connectivity index (χ2v) is 15.8. The highest BCUT2D eigenvalue weighted by Gasteiger charge is 2.16. The number of hydrogen-bond donors (Lipinski definition) is 1. The van der Waals surface area contributed by atoms with Crippen LogP contribution in [0.1, 0.15) is 12.5 Å². The first-order valence-electron chi connectivity index (χ1n) is 21.3. The number of fused-ring (bicyclic) bond motifs is 6. The van der Waals surface area contributed by atoms with Crippen LogP contribution in [0.5, 0.6) is 0 Å². The number of allylic oxidation sites excluding steroid dienone is 3. The summed E-state index contributed by atoms with van der Waals surface area (Å²) in [5.41, 5.74) is 21.3. The average Bonchev–Trinajstić information content (AvgIpc) is 3.85. The van der Waals surface area contributed by atoms with Crippen molar-refractivity contribution in [1.82, 2.24) is 9.24 Å². The Balaban J connectivity index is 0.945. The van der Waals surface area contributed by atoms with E-state index in [2.05, 4.69) is 258 Å². The lowest BCUT2D eigenvalue weighted by Gasteiger charge is -2.13. The van der Waals surface area contributed by atoms with Crippen molar-refractivity contribution in [2.24, 2.45) is 0 Å². The summed E-state index contributed by atoms with van der Waals surface area (Å²) < 4.78 is 4.60. The molecule has 0 aliphatic rings. The molecule has 11 rings (SSSR count). The first kappa shape index (κ1) is 36.9. The zero-order valence-electron chi connectivity index (χ0n) is 34.4. The largest absolute Gasteiger partial charge is 0.309 e. The molecule has 2 aromatic heterocycles. The summed E-state index contributed by atoms with van der Waals surface area (Å²) in [6.07, 6.45) is 6.39. The average molecular weight is 794 g/mol. The minimum Gasteiger partial charge on any atom is -0.309 e. The number of nitrogens with one attached hydrogen (secondary N) is 1. The summed E-state index contributed by atoms with van der Waals surface area (Å²) in [5, 5.41) is 4.92. The van der Waals surface area contributed by atoms with Crippen molar-refractivity contribution in [3.63, 3.8) is 0 Å². The number of aromatic nitrogens is 2. The number of rotatable bonds is 9. The molecule has 0 aliphatic heterocycles. The van der Waals surface area contributed by atoms with Gasteiger partial charge in [-0.05, 0) is 123 Å². The van der Waals surface area contributed by atoms with E-state index in [1.807, 2.05) is 0 Å². The molecule has 11 aromatic rings. The molecule has 0 saturated carbocycles. The SMILES string of the molecule is C/C=C/C(=C\Nn1c2ccccc2c2cc(-c3ccc4c5ccccc5n(-c5ccccc5)c4c3)ccc21)c1ccc(-c2cc(-c3ccccc3)cc(-c3ccccc3)c2)cc1. The second-order valence-electron chi connectivity index (χ2n) is 15.8. The Bertz CT molecular complexity index is 3400. The van der Waals surface area contributed by atoms with E-state index in [9.17, 15) is 0 Å². The van der Waals surface area contributed by atoms with E-state index >= 15 is 0 Å². The first-order valence-corrected chi connectivity index (χ1v) is 21.3. The van der Waals surface area contributed by atoms with E-state index in [1.165, 1.54) is 77.1 Å². The lowest BCUT2D eigenvalue weighted by molar-refractivity contribution is 1.05. The Labute approximate surface area is 361 Å². The number of hydrogen-bond acceptors (Lipinski definition) is 1. The van der Waals surface area contributed by atoms with Crippen LogP contribution in [0.4, 0.5) is 0 Å². The normalized spacial score (nSPS) is 12.0. The van der Waals surface area contributed by atoms with Crippen LogP contribution in [-0.4, -0.2) is 9.24 Å². The highest BCUT2D eigenvalue weighted by molar-refractivity contribution is 6.12. The molecule has 0 amide bonds. The Kier molecular flexibility index (Phi) is 9.40. The lowest BCUT2D eigenvalue weighted by atomic mass is 9.92. The predicted octanol–water partition coefficient (Wildman–Crippen LogP) is 15.7. The molecule has 2 heterocycles. The summed E-state index contributed by atoms with van der Waals surface area (Å²) in [6, 6.07) is 78.9. The van der Waals surface area contributed by atoms with Crippen LogP contribution in [0.25, 0.3) is 99.4 Å². The van der Waals surface area contributed by atoms with Crippen LogP contribution in [0, 0.1) is 0 Å². The molecule has 3 nitrogen and oxygen atoms in total. The number of benzene rings is 9. The van der Waals surface area contributed by atoms with Crippen LogP contribution in [-0.2, 0) is 0 Å². The van der Waals surface area contributed by atoms with Crippen LogP contribution < -0.4 is 5.43 Å². The van der Waals surface area contributed by atoms with Crippen molar-refractivity contribution in [3.8, 4) is 50.2 Å². The van der Waals surface area contributed by atoms with Crippen molar-refractivity contribution in [3.05, 3.63) is 242 Å². The van der Waals surface area contributed by atoms with Crippen molar-refractivity contribution >= 4 is 49.2 Å². The van der Waals surface area contributed by atoms with E-state index in [4.69, 9.17) is 0 Å². The highest BCUT2D eigenvalue weighted by Crippen LogP contribution is 2.38. The molecule has 0 atom stereocenters. The van der Waals surface area contributed by atoms with Crippen LogP contribution >= 0.6 is 0 Å². The van der Waals surface area contributed by atoms with Gasteiger partial charge in [0.25, 0.3) is 0 Å². The van der Waals surface area contributed by atoms with E-state index < -0.39 is 0 Å². The van der Waals surface area contributed by atoms with Gasteiger partial charge in [0.1, 0.15) is 0 Å². The third kappa shape index (κ3) is 6.67. The fraction of sp³-hybridized carbons (Fsp3) is 0.0169. The molecule has 0 radical (unpaired) electrons. The fourth-order valence-electron chi connectivity index (χ4n) is 9.08. The van der Waals surface area contributed by atoms with E-state index in [1.54, 1.807) is 0 Å².